The maximum absolute atomic E-state index is 14.8. The number of benzene rings is 2. The summed E-state index contributed by atoms with van der Waals surface area (Å²) < 4.78 is 41.4. The highest BCUT2D eigenvalue weighted by Crippen LogP contribution is 2.31. The van der Waals surface area contributed by atoms with Gasteiger partial charge in [-0.3, -0.25) is 0 Å². The van der Waals surface area contributed by atoms with Gasteiger partial charge in [0, 0.05) is 17.0 Å². The molecule has 188 valence electrons. The summed E-state index contributed by atoms with van der Waals surface area (Å²) in [5, 5.41) is 0. The van der Waals surface area contributed by atoms with Gasteiger partial charge in [-0.05, 0) is 30.4 Å². The number of ether oxygens (including phenoxy) is 2. The fraction of sp³-hybridized carbons (Fsp3) is 0.600. The fourth-order valence-electron chi connectivity index (χ4n) is 4.68. The second kappa shape index (κ2) is 14.6. The Balaban J connectivity index is 1.51. The van der Waals surface area contributed by atoms with E-state index < -0.39 is 11.6 Å². The molecule has 0 N–H and O–H groups in total. The Morgan fingerprint density at radius 3 is 1.97 bits per heavy atom. The predicted molar refractivity (Wildman–Crippen MR) is 136 cm³/mol. The van der Waals surface area contributed by atoms with Crippen LogP contribution in [0.15, 0.2) is 36.4 Å². The van der Waals surface area contributed by atoms with E-state index in [1.54, 1.807) is 12.1 Å². The highest BCUT2D eigenvalue weighted by atomic mass is 19.2. The molecule has 0 amide bonds. The first kappa shape index (κ1) is 26.8. The van der Waals surface area contributed by atoms with Crippen molar-refractivity contribution in [3.63, 3.8) is 0 Å². The van der Waals surface area contributed by atoms with Crippen molar-refractivity contribution in [1.82, 2.24) is 0 Å². The van der Waals surface area contributed by atoms with Crippen LogP contribution >= 0.6 is 0 Å². The lowest BCUT2D eigenvalue weighted by molar-refractivity contribution is -0.206. The van der Waals surface area contributed by atoms with E-state index in [-0.39, 0.29) is 6.29 Å². The Morgan fingerprint density at radius 1 is 0.706 bits per heavy atom. The van der Waals surface area contributed by atoms with Gasteiger partial charge >= 0.3 is 0 Å². The molecular formula is C30H42F2O2. The molecule has 0 unspecified atom stereocenters. The van der Waals surface area contributed by atoms with Crippen molar-refractivity contribution in [2.75, 3.05) is 13.2 Å². The number of rotatable bonds is 14. The third-order valence-electron chi connectivity index (χ3n) is 6.89. The van der Waals surface area contributed by atoms with Gasteiger partial charge in [0.1, 0.15) is 0 Å². The Hall–Kier alpha value is -1.78. The van der Waals surface area contributed by atoms with Crippen molar-refractivity contribution in [3.05, 3.63) is 59.2 Å². The maximum Gasteiger partial charge on any atom is 0.183 e. The minimum Gasteiger partial charge on any atom is -0.348 e. The monoisotopic (exact) mass is 472 g/mol. The molecule has 2 aromatic rings. The van der Waals surface area contributed by atoms with Crippen LogP contribution in [0.3, 0.4) is 0 Å². The summed E-state index contributed by atoms with van der Waals surface area (Å²) in [7, 11) is 0. The summed E-state index contributed by atoms with van der Waals surface area (Å²) in [6, 6.07) is 10.9. The molecule has 34 heavy (non-hydrogen) atoms. The number of unbranched alkanes of at least 4 members (excludes halogenated alkanes) is 8. The molecular weight excluding hydrogens is 430 g/mol. The largest absolute Gasteiger partial charge is 0.348 e. The van der Waals surface area contributed by atoms with Gasteiger partial charge in [-0.25, -0.2) is 8.78 Å². The standard InChI is InChI=1S/C30H42F2O2/c1-3-5-7-9-11-13-23-21-33-30(34-22-23)26-17-15-24(16-18-26)27-20-19-25(28(31)29(27)32)14-12-10-8-6-4-2/h15-20,23,30H,3-14,21-22H2,1-2H3. The van der Waals surface area contributed by atoms with E-state index in [4.69, 9.17) is 9.47 Å². The molecule has 2 aromatic carbocycles. The summed E-state index contributed by atoms with van der Waals surface area (Å²) >= 11 is 0. The molecule has 4 heteroatoms. The van der Waals surface area contributed by atoms with E-state index in [1.165, 1.54) is 44.9 Å². The normalized spacial score (nSPS) is 18.4. The number of hydrogen-bond acceptors (Lipinski definition) is 2. The summed E-state index contributed by atoms with van der Waals surface area (Å²) in [4.78, 5) is 0. The molecule has 2 nitrogen and oxygen atoms in total. The molecule has 0 bridgehead atoms. The molecule has 1 heterocycles. The SMILES string of the molecule is CCCCCCCc1ccc(-c2ccc(C3OCC(CCCCCCC)CO3)cc2)c(F)c1F. The number of aryl methyl sites for hydroxylation is 1. The molecule has 0 spiro atoms. The molecule has 0 atom stereocenters. The smallest absolute Gasteiger partial charge is 0.183 e. The molecule has 3 rings (SSSR count). The number of hydrogen-bond donors (Lipinski definition) is 0. The van der Waals surface area contributed by atoms with E-state index in [2.05, 4.69) is 13.8 Å². The molecule has 0 radical (unpaired) electrons. The summed E-state index contributed by atoms with van der Waals surface area (Å²) in [5.41, 5.74) is 2.34. The van der Waals surface area contributed by atoms with Crippen LogP contribution in [0, 0.1) is 17.6 Å². The number of halogens is 2. The summed E-state index contributed by atoms with van der Waals surface area (Å²) in [6.45, 7) is 5.82. The van der Waals surface area contributed by atoms with Crippen LogP contribution in [-0.2, 0) is 15.9 Å². The van der Waals surface area contributed by atoms with Gasteiger partial charge in [-0.1, -0.05) is 108 Å². The first-order valence-electron chi connectivity index (χ1n) is 13.4. The molecule has 0 aromatic heterocycles. The molecule has 1 aliphatic rings. The van der Waals surface area contributed by atoms with E-state index in [1.807, 2.05) is 24.3 Å². The lowest BCUT2D eigenvalue weighted by atomic mass is 9.98. The quantitative estimate of drug-likeness (QED) is 0.255. The topological polar surface area (TPSA) is 18.5 Å². The Kier molecular flexibility index (Phi) is 11.5. The van der Waals surface area contributed by atoms with Crippen molar-refractivity contribution >= 4 is 0 Å². The molecule has 1 saturated heterocycles. The van der Waals surface area contributed by atoms with Crippen LogP contribution < -0.4 is 0 Å². The third kappa shape index (κ3) is 7.88. The average molecular weight is 473 g/mol. The van der Waals surface area contributed by atoms with Crippen LogP contribution in [0.25, 0.3) is 11.1 Å². The Bertz CT molecular complexity index is 842. The average Bonchev–Trinajstić information content (AvgIpc) is 2.87. The van der Waals surface area contributed by atoms with Gasteiger partial charge in [-0.2, -0.15) is 0 Å². The van der Waals surface area contributed by atoms with Crippen LogP contribution in [0.5, 0.6) is 0 Å². The maximum atomic E-state index is 14.8. The van der Waals surface area contributed by atoms with E-state index in [0.717, 1.165) is 31.2 Å². The zero-order valence-electron chi connectivity index (χ0n) is 21.1. The van der Waals surface area contributed by atoms with Crippen LogP contribution in [-0.4, -0.2) is 13.2 Å². The third-order valence-corrected chi connectivity index (χ3v) is 6.89. The van der Waals surface area contributed by atoms with Gasteiger partial charge in [-0.15, -0.1) is 0 Å². The molecule has 0 saturated carbocycles. The summed E-state index contributed by atoms with van der Waals surface area (Å²) in [5.74, 6) is -1.01. The van der Waals surface area contributed by atoms with Gasteiger partial charge in [0.15, 0.2) is 17.9 Å². The lowest BCUT2D eigenvalue weighted by Crippen LogP contribution is -2.27. The fourth-order valence-corrected chi connectivity index (χ4v) is 4.68. The van der Waals surface area contributed by atoms with Crippen molar-refractivity contribution in [3.8, 4) is 11.1 Å². The van der Waals surface area contributed by atoms with Gasteiger partial charge in [0.25, 0.3) is 0 Å². The van der Waals surface area contributed by atoms with E-state index in [0.29, 0.717) is 42.2 Å². The predicted octanol–water partition coefficient (Wildman–Crippen LogP) is 9.17. The first-order chi connectivity index (χ1) is 16.6. The van der Waals surface area contributed by atoms with Crippen molar-refractivity contribution in [1.29, 1.82) is 0 Å². The van der Waals surface area contributed by atoms with Gasteiger partial charge < -0.3 is 9.47 Å². The van der Waals surface area contributed by atoms with Crippen LogP contribution in [0.2, 0.25) is 0 Å². The Labute approximate surface area is 205 Å². The van der Waals surface area contributed by atoms with Crippen molar-refractivity contribution < 1.29 is 18.3 Å². The van der Waals surface area contributed by atoms with Crippen molar-refractivity contribution in [2.45, 2.75) is 97.2 Å². The minimum atomic E-state index is -0.759. The molecule has 1 fully saturated rings. The second-order valence-corrected chi connectivity index (χ2v) is 9.75. The highest BCUT2D eigenvalue weighted by molar-refractivity contribution is 5.65. The zero-order valence-corrected chi connectivity index (χ0v) is 21.1. The van der Waals surface area contributed by atoms with E-state index in [9.17, 15) is 8.78 Å². The summed E-state index contributed by atoms with van der Waals surface area (Å²) in [6.07, 6.45) is 13.2. The van der Waals surface area contributed by atoms with Crippen molar-refractivity contribution in [2.24, 2.45) is 5.92 Å². The van der Waals surface area contributed by atoms with Gasteiger partial charge in [0.05, 0.1) is 13.2 Å². The highest BCUT2D eigenvalue weighted by Gasteiger charge is 2.23. The minimum absolute atomic E-state index is 0.299. The molecule has 1 aliphatic heterocycles. The first-order valence-corrected chi connectivity index (χ1v) is 13.4. The lowest BCUT2D eigenvalue weighted by Gasteiger charge is -2.29. The second-order valence-electron chi connectivity index (χ2n) is 9.75. The van der Waals surface area contributed by atoms with Crippen LogP contribution in [0.4, 0.5) is 8.78 Å². The zero-order chi connectivity index (χ0) is 24.2. The Morgan fingerprint density at radius 2 is 1.32 bits per heavy atom. The van der Waals surface area contributed by atoms with Crippen LogP contribution in [0.1, 0.15) is 102 Å². The van der Waals surface area contributed by atoms with E-state index >= 15 is 0 Å². The molecule has 0 aliphatic carbocycles. The van der Waals surface area contributed by atoms with Gasteiger partial charge in [0.2, 0.25) is 0 Å².